The summed E-state index contributed by atoms with van der Waals surface area (Å²) in [6.07, 6.45) is -0.0817. The van der Waals surface area contributed by atoms with Gasteiger partial charge in [-0.3, -0.25) is 15.8 Å². The Morgan fingerprint density at radius 2 is 1.88 bits per heavy atom. The third-order valence-corrected chi connectivity index (χ3v) is 1.92. The number of rotatable bonds is 10. The van der Waals surface area contributed by atoms with Gasteiger partial charge in [0.05, 0.1) is 13.2 Å². The van der Waals surface area contributed by atoms with Crippen molar-refractivity contribution in [2.24, 2.45) is 5.92 Å². The maximum Gasteiger partial charge on any atom is 0.406 e. The van der Waals surface area contributed by atoms with E-state index in [0.717, 1.165) is 0 Å². The fraction of sp³-hybridized carbons (Fsp3) is 0.875. The molecule has 0 rings (SSSR count). The summed E-state index contributed by atoms with van der Waals surface area (Å²) in [5.74, 6) is -0.0259. The Morgan fingerprint density at radius 3 is 2.44 bits per heavy atom. The van der Waals surface area contributed by atoms with Crippen LogP contribution in [0.3, 0.4) is 0 Å². The highest BCUT2D eigenvalue weighted by Crippen LogP contribution is 2.09. The number of hydrogen-bond donors (Lipinski definition) is 4. The van der Waals surface area contributed by atoms with Gasteiger partial charge in [-0.1, -0.05) is 0 Å². The highest BCUT2D eigenvalue weighted by molar-refractivity contribution is 5.64. The first-order chi connectivity index (χ1) is 7.70. The molecule has 1 unspecified atom stereocenters. The zero-order chi connectivity index (χ0) is 12.2. The predicted molar refractivity (Wildman–Crippen MR) is 51.9 cm³/mol. The van der Waals surface area contributed by atoms with Crippen molar-refractivity contribution in [3.8, 4) is 0 Å². The third-order valence-electron chi connectivity index (χ3n) is 1.92. The van der Waals surface area contributed by atoms with Crippen LogP contribution in [0, 0.1) is 5.92 Å². The van der Waals surface area contributed by atoms with Gasteiger partial charge in [0.1, 0.15) is 6.73 Å². The van der Waals surface area contributed by atoms with Gasteiger partial charge in [-0.2, -0.15) is 0 Å². The average molecular weight is 239 g/mol. The first kappa shape index (κ1) is 15.1. The van der Waals surface area contributed by atoms with Gasteiger partial charge in [0, 0.05) is 6.61 Å². The standard InChI is InChI=1S/C8H17NO7/c10-8(11)9-6-14-3-1-7(5-16-13)2-4-15-12/h7,9,12-13H,1-6H2,(H,10,11). The Hall–Kier alpha value is -0.930. The van der Waals surface area contributed by atoms with Crippen molar-refractivity contribution < 1.29 is 34.9 Å². The van der Waals surface area contributed by atoms with Crippen LogP contribution in [0.1, 0.15) is 12.8 Å². The summed E-state index contributed by atoms with van der Waals surface area (Å²) in [6.45, 7) is 0.485. The van der Waals surface area contributed by atoms with E-state index < -0.39 is 6.09 Å². The molecule has 0 radical (unpaired) electrons. The van der Waals surface area contributed by atoms with Gasteiger partial charge in [-0.05, 0) is 18.8 Å². The Morgan fingerprint density at radius 1 is 1.19 bits per heavy atom. The smallest absolute Gasteiger partial charge is 0.406 e. The van der Waals surface area contributed by atoms with Crippen LogP contribution in [0.15, 0.2) is 0 Å². The van der Waals surface area contributed by atoms with Crippen LogP contribution in [0.5, 0.6) is 0 Å². The minimum Gasteiger partial charge on any atom is -0.465 e. The van der Waals surface area contributed by atoms with Crippen LogP contribution < -0.4 is 5.32 Å². The van der Waals surface area contributed by atoms with Gasteiger partial charge in [0.2, 0.25) is 0 Å². The van der Waals surface area contributed by atoms with E-state index in [2.05, 4.69) is 9.78 Å². The molecule has 0 aromatic heterocycles. The van der Waals surface area contributed by atoms with Crippen molar-refractivity contribution in [1.82, 2.24) is 5.32 Å². The lowest BCUT2D eigenvalue weighted by Gasteiger charge is -2.13. The maximum atomic E-state index is 10.1. The highest BCUT2D eigenvalue weighted by atomic mass is 17.1. The van der Waals surface area contributed by atoms with E-state index in [9.17, 15) is 4.79 Å². The van der Waals surface area contributed by atoms with Crippen molar-refractivity contribution >= 4 is 6.09 Å². The second kappa shape index (κ2) is 10.6. The molecule has 0 aromatic rings. The summed E-state index contributed by atoms with van der Waals surface area (Å²) in [6, 6.07) is 0. The molecule has 0 aromatic carbocycles. The number of carboxylic acid groups (broad SMARTS) is 1. The molecule has 0 aliphatic carbocycles. The molecule has 0 fully saturated rings. The minimum absolute atomic E-state index is 0.0259. The Kier molecular flexibility index (Phi) is 9.97. The minimum atomic E-state index is -1.15. The normalized spacial score (nSPS) is 12.4. The van der Waals surface area contributed by atoms with Crippen LogP contribution in [0.4, 0.5) is 4.79 Å². The zero-order valence-corrected chi connectivity index (χ0v) is 8.79. The SMILES string of the molecule is O=C(O)NCOCCC(CCOO)COO. The third kappa shape index (κ3) is 9.62. The lowest BCUT2D eigenvalue weighted by Crippen LogP contribution is -2.24. The van der Waals surface area contributed by atoms with Gasteiger partial charge in [-0.15, -0.1) is 0 Å². The monoisotopic (exact) mass is 239 g/mol. The summed E-state index contributed by atoms with van der Waals surface area (Å²) in [5.41, 5.74) is 0. The van der Waals surface area contributed by atoms with Gasteiger partial charge in [0.15, 0.2) is 0 Å². The molecule has 1 amide bonds. The van der Waals surface area contributed by atoms with Crippen LogP contribution in [-0.2, 0) is 14.5 Å². The molecule has 16 heavy (non-hydrogen) atoms. The van der Waals surface area contributed by atoms with Gasteiger partial charge < -0.3 is 9.84 Å². The van der Waals surface area contributed by atoms with Crippen LogP contribution >= 0.6 is 0 Å². The summed E-state index contributed by atoms with van der Waals surface area (Å²) < 4.78 is 4.97. The van der Waals surface area contributed by atoms with Crippen LogP contribution in [0.2, 0.25) is 0 Å². The summed E-state index contributed by atoms with van der Waals surface area (Å²) >= 11 is 0. The first-order valence-electron chi connectivity index (χ1n) is 4.78. The number of hydrogen-bond acceptors (Lipinski definition) is 6. The van der Waals surface area contributed by atoms with Crippen LogP contribution in [-0.4, -0.2) is 48.3 Å². The lowest BCUT2D eigenvalue weighted by molar-refractivity contribution is -0.262. The number of ether oxygens (including phenoxy) is 1. The second-order valence-corrected chi connectivity index (χ2v) is 3.11. The van der Waals surface area contributed by atoms with E-state index in [1.807, 2.05) is 5.32 Å². The molecule has 0 heterocycles. The van der Waals surface area contributed by atoms with Crippen molar-refractivity contribution in [2.75, 3.05) is 26.6 Å². The maximum absolute atomic E-state index is 10.1. The van der Waals surface area contributed by atoms with E-state index in [1.54, 1.807) is 0 Å². The molecule has 8 heteroatoms. The Balaban J connectivity index is 3.47. The molecular weight excluding hydrogens is 222 g/mol. The molecule has 1 atom stereocenters. The fourth-order valence-corrected chi connectivity index (χ4v) is 1.07. The van der Waals surface area contributed by atoms with Crippen LogP contribution in [0.25, 0.3) is 0 Å². The van der Waals surface area contributed by atoms with Crippen molar-refractivity contribution in [2.45, 2.75) is 12.8 Å². The molecule has 96 valence electrons. The van der Waals surface area contributed by atoms with Gasteiger partial charge in [0.25, 0.3) is 0 Å². The molecular formula is C8H17NO7. The number of nitrogens with one attached hydrogen (secondary N) is 1. The summed E-state index contributed by atoms with van der Waals surface area (Å²) in [5, 5.41) is 26.7. The van der Waals surface area contributed by atoms with E-state index in [-0.39, 0.29) is 25.9 Å². The van der Waals surface area contributed by atoms with E-state index in [1.165, 1.54) is 0 Å². The number of carbonyl (C=O) groups is 1. The quantitative estimate of drug-likeness (QED) is 0.191. The topological polar surface area (TPSA) is 117 Å². The zero-order valence-electron chi connectivity index (χ0n) is 8.79. The second-order valence-electron chi connectivity index (χ2n) is 3.11. The van der Waals surface area contributed by atoms with Crippen molar-refractivity contribution in [3.05, 3.63) is 0 Å². The van der Waals surface area contributed by atoms with E-state index in [0.29, 0.717) is 19.4 Å². The predicted octanol–water partition coefficient (Wildman–Crippen LogP) is 0.604. The van der Waals surface area contributed by atoms with E-state index >= 15 is 0 Å². The summed E-state index contributed by atoms with van der Waals surface area (Å²) in [7, 11) is 0. The highest BCUT2D eigenvalue weighted by Gasteiger charge is 2.09. The molecule has 0 bridgehead atoms. The fourth-order valence-electron chi connectivity index (χ4n) is 1.07. The first-order valence-corrected chi connectivity index (χ1v) is 4.78. The average Bonchev–Trinajstić information content (AvgIpc) is 2.24. The molecule has 8 nitrogen and oxygen atoms in total. The van der Waals surface area contributed by atoms with Crippen molar-refractivity contribution in [3.63, 3.8) is 0 Å². The molecule has 0 aliphatic rings. The van der Waals surface area contributed by atoms with Crippen molar-refractivity contribution in [1.29, 1.82) is 0 Å². The number of amides is 1. The largest absolute Gasteiger partial charge is 0.465 e. The molecule has 0 aliphatic heterocycles. The summed E-state index contributed by atoms with van der Waals surface area (Å²) in [4.78, 5) is 18.0. The van der Waals surface area contributed by atoms with E-state index in [4.69, 9.17) is 20.4 Å². The lowest BCUT2D eigenvalue weighted by atomic mass is 10.0. The Labute approximate surface area is 92.6 Å². The van der Waals surface area contributed by atoms with Gasteiger partial charge in [-0.25, -0.2) is 14.6 Å². The molecule has 0 saturated carbocycles. The van der Waals surface area contributed by atoms with Gasteiger partial charge >= 0.3 is 6.09 Å². The molecule has 4 N–H and O–H groups in total. The molecule has 0 spiro atoms. The molecule has 0 saturated heterocycles. The Bertz CT molecular complexity index is 178.